The Kier molecular flexibility index (Phi) is 4.34. The molecule has 0 aromatic carbocycles. The molecule has 0 radical (unpaired) electrons. The summed E-state index contributed by atoms with van der Waals surface area (Å²) in [5.74, 6) is 0. The van der Waals surface area contributed by atoms with Crippen LogP contribution in [0.3, 0.4) is 0 Å². The Morgan fingerprint density at radius 2 is 2.33 bits per heavy atom. The summed E-state index contributed by atoms with van der Waals surface area (Å²) in [5.41, 5.74) is 1.09. The number of pyridine rings is 1. The van der Waals surface area contributed by atoms with E-state index in [9.17, 15) is 0 Å². The van der Waals surface area contributed by atoms with Gasteiger partial charge in [0.1, 0.15) is 0 Å². The summed E-state index contributed by atoms with van der Waals surface area (Å²) in [7, 11) is 1.66. The molecule has 1 heterocycles. The molecule has 0 saturated carbocycles. The van der Waals surface area contributed by atoms with Crippen molar-refractivity contribution in [2.24, 2.45) is 0 Å². The third-order valence-corrected chi connectivity index (χ3v) is 1.42. The van der Waals surface area contributed by atoms with Crippen LogP contribution in [-0.4, -0.2) is 25.3 Å². The molecule has 0 bridgehead atoms. The standard InChI is InChI=1S/C9H13NO2/c1-11-5-6-12-8-9-3-2-4-10-7-9/h2-4,7H,5-6,8H2,1H3. The number of ether oxygens (including phenoxy) is 2. The molecule has 12 heavy (non-hydrogen) atoms. The van der Waals surface area contributed by atoms with Crippen molar-refractivity contribution in [1.29, 1.82) is 0 Å². The first-order chi connectivity index (χ1) is 5.93. The highest BCUT2D eigenvalue weighted by Gasteiger charge is 1.90. The zero-order valence-electron chi connectivity index (χ0n) is 7.19. The van der Waals surface area contributed by atoms with E-state index in [1.165, 1.54) is 0 Å². The zero-order chi connectivity index (χ0) is 8.65. The number of hydrogen-bond donors (Lipinski definition) is 0. The number of rotatable bonds is 5. The summed E-state index contributed by atoms with van der Waals surface area (Å²) in [5, 5.41) is 0. The summed E-state index contributed by atoms with van der Waals surface area (Å²) in [6.45, 7) is 1.88. The first-order valence-corrected chi connectivity index (χ1v) is 3.89. The molecule has 0 aliphatic rings. The van der Waals surface area contributed by atoms with Gasteiger partial charge in [0.25, 0.3) is 0 Å². The van der Waals surface area contributed by atoms with E-state index in [1.807, 2.05) is 12.1 Å². The Labute approximate surface area is 72.3 Å². The van der Waals surface area contributed by atoms with E-state index < -0.39 is 0 Å². The van der Waals surface area contributed by atoms with E-state index in [2.05, 4.69) is 4.98 Å². The Morgan fingerprint density at radius 3 is 3.00 bits per heavy atom. The van der Waals surface area contributed by atoms with Crippen LogP contribution < -0.4 is 0 Å². The summed E-state index contributed by atoms with van der Waals surface area (Å²) in [6, 6.07) is 3.88. The summed E-state index contributed by atoms with van der Waals surface area (Å²) in [4.78, 5) is 3.97. The normalized spacial score (nSPS) is 10.1. The smallest absolute Gasteiger partial charge is 0.0732 e. The predicted octanol–water partition coefficient (Wildman–Crippen LogP) is 1.24. The van der Waals surface area contributed by atoms with Crippen molar-refractivity contribution in [3.63, 3.8) is 0 Å². The van der Waals surface area contributed by atoms with Gasteiger partial charge in [0.2, 0.25) is 0 Å². The first-order valence-electron chi connectivity index (χ1n) is 3.89. The van der Waals surface area contributed by atoms with Gasteiger partial charge in [0, 0.05) is 19.5 Å². The van der Waals surface area contributed by atoms with Gasteiger partial charge in [-0.05, 0) is 11.6 Å². The minimum absolute atomic E-state index is 0.608. The summed E-state index contributed by atoms with van der Waals surface area (Å²) >= 11 is 0. The van der Waals surface area contributed by atoms with Crippen molar-refractivity contribution in [1.82, 2.24) is 4.98 Å². The Bertz CT molecular complexity index is 201. The Balaban J connectivity index is 2.16. The molecular weight excluding hydrogens is 154 g/mol. The fraction of sp³-hybridized carbons (Fsp3) is 0.444. The molecule has 3 heteroatoms. The molecule has 0 aliphatic carbocycles. The van der Waals surface area contributed by atoms with E-state index in [4.69, 9.17) is 9.47 Å². The molecule has 0 amide bonds. The quantitative estimate of drug-likeness (QED) is 0.618. The van der Waals surface area contributed by atoms with Gasteiger partial charge >= 0.3 is 0 Å². The third-order valence-electron chi connectivity index (χ3n) is 1.42. The average molecular weight is 167 g/mol. The van der Waals surface area contributed by atoms with E-state index >= 15 is 0 Å². The minimum Gasteiger partial charge on any atom is -0.382 e. The van der Waals surface area contributed by atoms with Gasteiger partial charge in [-0.3, -0.25) is 4.98 Å². The highest BCUT2D eigenvalue weighted by Crippen LogP contribution is 1.97. The van der Waals surface area contributed by atoms with Crippen LogP contribution in [0.25, 0.3) is 0 Å². The van der Waals surface area contributed by atoms with Crippen LogP contribution in [0, 0.1) is 0 Å². The molecule has 0 atom stereocenters. The summed E-state index contributed by atoms with van der Waals surface area (Å²) < 4.78 is 10.1. The number of methoxy groups -OCH3 is 1. The van der Waals surface area contributed by atoms with Crippen LogP contribution in [0.5, 0.6) is 0 Å². The zero-order valence-corrected chi connectivity index (χ0v) is 7.19. The Hall–Kier alpha value is -0.930. The monoisotopic (exact) mass is 167 g/mol. The second kappa shape index (κ2) is 5.69. The molecule has 0 saturated heterocycles. The molecule has 1 aromatic heterocycles. The van der Waals surface area contributed by atoms with Crippen LogP contribution in [0.1, 0.15) is 5.56 Å². The predicted molar refractivity (Wildman–Crippen MR) is 45.8 cm³/mol. The van der Waals surface area contributed by atoms with Crippen molar-refractivity contribution in [2.75, 3.05) is 20.3 Å². The minimum atomic E-state index is 0.608. The molecule has 0 fully saturated rings. The fourth-order valence-corrected chi connectivity index (χ4v) is 0.816. The van der Waals surface area contributed by atoms with Crippen LogP contribution >= 0.6 is 0 Å². The average Bonchev–Trinajstić information content (AvgIpc) is 2.14. The second-order valence-corrected chi connectivity index (χ2v) is 2.41. The lowest BCUT2D eigenvalue weighted by atomic mass is 10.3. The maximum absolute atomic E-state index is 5.30. The SMILES string of the molecule is COCCOCc1cccnc1. The van der Waals surface area contributed by atoms with Crippen LogP contribution in [0.2, 0.25) is 0 Å². The van der Waals surface area contributed by atoms with E-state index in [1.54, 1.807) is 19.5 Å². The van der Waals surface area contributed by atoms with Gasteiger partial charge in [0.05, 0.1) is 19.8 Å². The van der Waals surface area contributed by atoms with E-state index in [0.29, 0.717) is 19.8 Å². The highest BCUT2D eigenvalue weighted by molar-refractivity contribution is 5.06. The van der Waals surface area contributed by atoms with Gasteiger partial charge in [-0.25, -0.2) is 0 Å². The third kappa shape index (κ3) is 3.46. The van der Waals surface area contributed by atoms with Crippen molar-refractivity contribution < 1.29 is 9.47 Å². The molecular formula is C9H13NO2. The van der Waals surface area contributed by atoms with Gasteiger partial charge in [-0.15, -0.1) is 0 Å². The molecule has 1 rings (SSSR count). The maximum Gasteiger partial charge on any atom is 0.0732 e. The lowest BCUT2D eigenvalue weighted by Gasteiger charge is -2.02. The van der Waals surface area contributed by atoms with Crippen molar-refractivity contribution in [3.05, 3.63) is 30.1 Å². The van der Waals surface area contributed by atoms with Crippen molar-refractivity contribution in [3.8, 4) is 0 Å². The molecule has 0 spiro atoms. The lowest BCUT2D eigenvalue weighted by Crippen LogP contribution is -2.01. The molecule has 1 aromatic rings. The topological polar surface area (TPSA) is 31.4 Å². The molecule has 3 nitrogen and oxygen atoms in total. The maximum atomic E-state index is 5.30. The van der Waals surface area contributed by atoms with Crippen LogP contribution in [0.15, 0.2) is 24.5 Å². The molecule has 0 unspecified atom stereocenters. The van der Waals surface area contributed by atoms with Crippen molar-refractivity contribution >= 4 is 0 Å². The molecule has 0 aliphatic heterocycles. The largest absolute Gasteiger partial charge is 0.382 e. The van der Waals surface area contributed by atoms with Gasteiger partial charge in [-0.1, -0.05) is 6.07 Å². The van der Waals surface area contributed by atoms with Gasteiger partial charge in [-0.2, -0.15) is 0 Å². The van der Waals surface area contributed by atoms with Crippen LogP contribution in [-0.2, 0) is 16.1 Å². The molecule has 0 N–H and O–H groups in total. The second-order valence-electron chi connectivity index (χ2n) is 2.41. The van der Waals surface area contributed by atoms with Crippen molar-refractivity contribution in [2.45, 2.75) is 6.61 Å². The van der Waals surface area contributed by atoms with Gasteiger partial charge in [0.15, 0.2) is 0 Å². The molecule has 66 valence electrons. The van der Waals surface area contributed by atoms with Gasteiger partial charge < -0.3 is 9.47 Å². The summed E-state index contributed by atoms with van der Waals surface area (Å²) in [6.07, 6.45) is 3.55. The number of nitrogens with zero attached hydrogens (tertiary/aromatic N) is 1. The number of aromatic nitrogens is 1. The van der Waals surface area contributed by atoms with E-state index in [0.717, 1.165) is 5.56 Å². The lowest BCUT2D eigenvalue weighted by molar-refractivity contribution is 0.0615. The fourth-order valence-electron chi connectivity index (χ4n) is 0.816. The Morgan fingerprint density at radius 1 is 1.42 bits per heavy atom. The first kappa shape index (κ1) is 9.16. The van der Waals surface area contributed by atoms with E-state index in [-0.39, 0.29) is 0 Å². The number of hydrogen-bond acceptors (Lipinski definition) is 3. The highest BCUT2D eigenvalue weighted by atomic mass is 16.5. The van der Waals surface area contributed by atoms with Crippen LogP contribution in [0.4, 0.5) is 0 Å².